The van der Waals surface area contributed by atoms with Gasteiger partial charge in [-0.2, -0.15) is 0 Å². The molecule has 1 saturated carbocycles. The zero-order valence-corrected chi connectivity index (χ0v) is 3.39. The molecule has 1 fully saturated rings. The molecule has 0 amide bonds. The molecule has 0 aromatic rings. The first kappa shape index (κ1) is 3.84. The second kappa shape index (κ2) is 1.41. The van der Waals surface area contributed by atoms with Crippen molar-refractivity contribution in [3.8, 4) is 0 Å². The van der Waals surface area contributed by atoms with Gasteiger partial charge in [0.25, 0.3) is 0 Å². The number of hydrogen-bond donors (Lipinski definition) is 0. The van der Waals surface area contributed by atoms with Gasteiger partial charge in [-0.05, 0) is 0 Å². The van der Waals surface area contributed by atoms with E-state index < -0.39 is 0 Å². The van der Waals surface area contributed by atoms with E-state index in [1.165, 1.54) is 0 Å². The molecular weight excluding hydrogens is 78.8 g/mol. The molecule has 0 aromatic carbocycles. The van der Waals surface area contributed by atoms with Gasteiger partial charge in [-0.15, -0.1) is 0 Å². The average molecular weight is 83.9 g/mol. The van der Waals surface area contributed by atoms with E-state index in [0.717, 1.165) is 12.8 Å². The number of rotatable bonds is 2. The van der Waals surface area contributed by atoms with Gasteiger partial charge in [0.05, 0.1) is 0 Å². The Labute approximate surface area is 36.8 Å². The van der Waals surface area contributed by atoms with E-state index in [1.54, 1.807) is 0 Å². The van der Waals surface area contributed by atoms with E-state index in [4.69, 9.17) is 0 Å². The van der Waals surface area contributed by atoms with Crippen molar-refractivity contribution in [1.82, 2.24) is 0 Å². The Morgan fingerprint density at radius 2 is 2.33 bits per heavy atom. The third-order valence-electron chi connectivity index (χ3n) is 0.772. The number of hydrogen-bond acceptors (Lipinski definition) is 2. The molecule has 0 spiro atoms. The molecule has 0 aromatic heterocycles. The summed E-state index contributed by atoms with van der Waals surface area (Å²) in [7, 11) is 0.512. The van der Waals surface area contributed by atoms with Crippen molar-refractivity contribution in [3.05, 3.63) is 0 Å². The molecule has 6 heavy (non-hydrogen) atoms. The maximum atomic E-state index is 9.43. The van der Waals surface area contributed by atoms with E-state index in [1.807, 2.05) is 0 Å². The molecule has 1 aliphatic carbocycles. The zero-order chi connectivity index (χ0) is 4.41. The summed E-state index contributed by atoms with van der Waals surface area (Å²) in [5.74, 6) is 0. The summed E-state index contributed by atoms with van der Waals surface area (Å²) in [6.45, 7) is 0. The first-order chi connectivity index (χ1) is 2.93. The van der Waals surface area contributed by atoms with Crippen LogP contribution in [0.5, 0.6) is 0 Å². The molecule has 0 aliphatic heterocycles. The minimum atomic E-state index is 0.280. The second-order valence-corrected chi connectivity index (χ2v) is 1.43. The Morgan fingerprint density at radius 1 is 1.67 bits per heavy atom. The molecule has 1 aliphatic rings. The fourth-order valence-corrected chi connectivity index (χ4v) is 0.283. The Balaban J connectivity index is 2.00. The van der Waals surface area contributed by atoms with Crippen LogP contribution >= 0.6 is 0 Å². The summed E-state index contributed by atoms with van der Waals surface area (Å²) in [5.41, 5.74) is 0. The molecule has 32 valence electrons. The van der Waals surface area contributed by atoms with Crippen LogP contribution in [-0.4, -0.2) is 13.5 Å². The standard InChI is InChI=1S/C3H5BO2/c5-4-6-3-1-2-3/h3H,1-2H2. The fourth-order valence-electron chi connectivity index (χ4n) is 0.283. The summed E-state index contributed by atoms with van der Waals surface area (Å²) >= 11 is 0. The molecule has 0 heterocycles. The normalized spacial score (nSPS) is 19.3. The summed E-state index contributed by atoms with van der Waals surface area (Å²) in [6, 6.07) is 0. The van der Waals surface area contributed by atoms with Crippen LogP contribution in [-0.2, 0) is 9.36 Å². The van der Waals surface area contributed by atoms with E-state index in [2.05, 4.69) is 4.65 Å². The van der Waals surface area contributed by atoms with Crippen molar-refractivity contribution >= 4 is 7.35 Å². The maximum absolute atomic E-state index is 9.43. The molecule has 0 N–H and O–H groups in total. The molecule has 0 saturated heterocycles. The van der Waals surface area contributed by atoms with Crippen molar-refractivity contribution in [2.24, 2.45) is 0 Å². The van der Waals surface area contributed by atoms with Gasteiger partial charge in [0.15, 0.2) is 0 Å². The van der Waals surface area contributed by atoms with Crippen molar-refractivity contribution in [2.45, 2.75) is 18.9 Å². The summed E-state index contributed by atoms with van der Waals surface area (Å²) in [4.78, 5) is 0. The SMILES string of the molecule is O=BOC1CC1. The van der Waals surface area contributed by atoms with Gasteiger partial charge in [-0.1, -0.05) is 0 Å². The van der Waals surface area contributed by atoms with Gasteiger partial charge in [-0.3, -0.25) is 0 Å². The third-order valence-corrected chi connectivity index (χ3v) is 0.772. The zero-order valence-electron chi connectivity index (χ0n) is 3.39. The van der Waals surface area contributed by atoms with Gasteiger partial charge in [0, 0.05) is 0 Å². The minimum absolute atomic E-state index is 0.280. The van der Waals surface area contributed by atoms with E-state index in [0.29, 0.717) is 7.35 Å². The Morgan fingerprint density at radius 3 is 2.50 bits per heavy atom. The topological polar surface area (TPSA) is 26.3 Å². The molecule has 3 heteroatoms. The molecule has 0 atom stereocenters. The van der Waals surface area contributed by atoms with Crippen molar-refractivity contribution in [3.63, 3.8) is 0 Å². The summed E-state index contributed by atoms with van der Waals surface area (Å²) in [6.07, 6.45) is 2.42. The first-order valence-corrected chi connectivity index (χ1v) is 2.02. The van der Waals surface area contributed by atoms with Gasteiger partial charge in [-0.25, -0.2) is 0 Å². The second-order valence-electron chi connectivity index (χ2n) is 1.43. The molecule has 0 unspecified atom stereocenters. The third kappa shape index (κ3) is 0.811. The molecule has 1 rings (SSSR count). The Kier molecular flexibility index (Phi) is 0.903. The van der Waals surface area contributed by atoms with Gasteiger partial charge in [0.1, 0.15) is 0 Å². The van der Waals surface area contributed by atoms with Gasteiger partial charge < -0.3 is 0 Å². The van der Waals surface area contributed by atoms with Crippen LogP contribution in [0.25, 0.3) is 0 Å². The Hall–Kier alpha value is -0.335. The van der Waals surface area contributed by atoms with Gasteiger partial charge in [0.2, 0.25) is 0 Å². The van der Waals surface area contributed by atoms with Crippen LogP contribution in [0.1, 0.15) is 12.8 Å². The molecule has 0 bridgehead atoms. The van der Waals surface area contributed by atoms with Crippen molar-refractivity contribution in [1.29, 1.82) is 0 Å². The van der Waals surface area contributed by atoms with E-state index >= 15 is 0 Å². The molecular formula is C3H5BO2. The summed E-state index contributed by atoms with van der Waals surface area (Å²) in [5, 5.41) is 0. The first-order valence-electron chi connectivity index (χ1n) is 2.02. The van der Waals surface area contributed by atoms with Crippen LogP contribution in [0.4, 0.5) is 0 Å². The van der Waals surface area contributed by atoms with E-state index in [9.17, 15) is 4.70 Å². The quantitative estimate of drug-likeness (QED) is 0.444. The van der Waals surface area contributed by atoms with E-state index in [-0.39, 0.29) is 6.10 Å². The Bertz CT molecular complexity index is 59.8. The fraction of sp³-hybridized carbons (Fsp3) is 1.00. The molecule has 2 nitrogen and oxygen atoms in total. The van der Waals surface area contributed by atoms with Crippen molar-refractivity contribution < 1.29 is 9.36 Å². The predicted octanol–water partition coefficient (Wildman–Crippen LogP) is 0.130. The average Bonchev–Trinajstić information content (AvgIpc) is 2.21. The predicted molar refractivity (Wildman–Crippen MR) is 20.5 cm³/mol. The van der Waals surface area contributed by atoms with Crippen LogP contribution in [0, 0.1) is 0 Å². The molecule has 0 radical (unpaired) electrons. The van der Waals surface area contributed by atoms with Crippen molar-refractivity contribution in [2.75, 3.05) is 0 Å². The van der Waals surface area contributed by atoms with Crippen LogP contribution in [0.15, 0.2) is 0 Å². The van der Waals surface area contributed by atoms with Crippen LogP contribution in [0.3, 0.4) is 0 Å². The van der Waals surface area contributed by atoms with Crippen LogP contribution < -0.4 is 0 Å². The monoisotopic (exact) mass is 84.0 g/mol. The van der Waals surface area contributed by atoms with Crippen LogP contribution in [0.2, 0.25) is 0 Å². The summed E-state index contributed by atoms with van der Waals surface area (Å²) < 4.78 is 13.9. The van der Waals surface area contributed by atoms with Gasteiger partial charge >= 0.3 is 35.7 Å².